The fourth-order valence-corrected chi connectivity index (χ4v) is 1.88. The molecule has 0 fully saturated rings. The lowest BCUT2D eigenvalue weighted by atomic mass is 10.1. The molecule has 0 saturated carbocycles. The predicted molar refractivity (Wildman–Crippen MR) is 94.8 cm³/mol. The molecule has 0 saturated heterocycles. The first-order chi connectivity index (χ1) is 10.7. The van der Waals surface area contributed by atoms with Gasteiger partial charge in [-0.15, -0.1) is 6.42 Å². The second-order valence-electron chi connectivity index (χ2n) is 4.31. The summed E-state index contributed by atoms with van der Waals surface area (Å²) in [5, 5.41) is 0. The van der Waals surface area contributed by atoms with E-state index < -0.39 is 0 Å². The van der Waals surface area contributed by atoms with Crippen molar-refractivity contribution in [2.24, 2.45) is 4.99 Å². The van der Waals surface area contributed by atoms with E-state index in [0.717, 1.165) is 28.1 Å². The Balaban J connectivity index is 0.00000116. The van der Waals surface area contributed by atoms with Crippen LogP contribution in [-0.2, 0) is 0 Å². The fourth-order valence-electron chi connectivity index (χ4n) is 1.88. The number of hydrogen-bond acceptors (Lipinski definition) is 3. The molecular weight excluding hydrogens is 270 g/mol. The third-order valence-corrected chi connectivity index (χ3v) is 2.73. The molecule has 2 aromatic rings. The summed E-state index contributed by atoms with van der Waals surface area (Å²) in [5.41, 5.74) is 4.60. The molecule has 2 rings (SSSR count). The zero-order chi connectivity index (χ0) is 16.4. The molecule has 0 unspecified atom stereocenters. The van der Waals surface area contributed by atoms with Gasteiger partial charge in [-0.1, -0.05) is 19.8 Å². The van der Waals surface area contributed by atoms with Crippen molar-refractivity contribution >= 4 is 11.8 Å². The summed E-state index contributed by atoms with van der Waals surface area (Å²) >= 11 is 0. The topological polar surface area (TPSA) is 38.1 Å². The molecule has 0 aromatic carbocycles. The molecule has 0 atom stereocenters. The molecule has 2 heterocycles. The van der Waals surface area contributed by atoms with Gasteiger partial charge in [0.05, 0.1) is 11.4 Å². The summed E-state index contributed by atoms with van der Waals surface area (Å²) in [4.78, 5) is 12.8. The number of aliphatic imine (C=N–C) groups is 1. The summed E-state index contributed by atoms with van der Waals surface area (Å²) in [5.74, 6) is 2.52. The summed E-state index contributed by atoms with van der Waals surface area (Å²) in [6.45, 7) is 6.03. The van der Waals surface area contributed by atoms with Crippen LogP contribution in [0.2, 0.25) is 0 Å². The minimum atomic E-state index is 0.812. The second kappa shape index (κ2) is 9.25. The second-order valence-corrected chi connectivity index (χ2v) is 4.31. The Bertz CT molecular complexity index is 692. The Morgan fingerprint density at radius 1 is 1.32 bits per heavy atom. The predicted octanol–water partition coefficient (Wildman–Crippen LogP) is 4.20. The van der Waals surface area contributed by atoms with Gasteiger partial charge in [-0.05, 0) is 42.8 Å². The molecular formula is C19H21N3. The van der Waals surface area contributed by atoms with E-state index in [9.17, 15) is 0 Å². The molecule has 0 bridgehead atoms. The Morgan fingerprint density at radius 2 is 2.09 bits per heavy atom. The van der Waals surface area contributed by atoms with Gasteiger partial charge in [-0.3, -0.25) is 9.98 Å². The van der Waals surface area contributed by atoms with Crippen LogP contribution < -0.4 is 0 Å². The van der Waals surface area contributed by atoms with Crippen LogP contribution >= 0.6 is 0 Å². The third-order valence-electron chi connectivity index (χ3n) is 2.73. The quantitative estimate of drug-likeness (QED) is 0.628. The average Bonchev–Trinajstić information content (AvgIpc) is 2.57. The number of nitrogens with zero attached hydrogens (tertiary/aromatic N) is 3. The maximum Gasteiger partial charge on any atom is 0.0733 e. The largest absolute Gasteiger partial charge is 0.296 e. The molecule has 3 nitrogen and oxygen atoms in total. The van der Waals surface area contributed by atoms with Crippen LogP contribution in [0.3, 0.4) is 0 Å². The lowest BCUT2D eigenvalue weighted by Crippen LogP contribution is -1.95. The maximum absolute atomic E-state index is 5.36. The van der Waals surface area contributed by atoms with Gasteiger partial charge in [0.1, 0.15) is 0 Å². The smallest absolute Gasteiger partial charge is 0.0733 e. The average molecular weight is 291 g/mol. The molecule has 0 amide bonds. The van der Waals surface area contributed by atoms with Gasteiger partial charge in [0.15, 0.2) is 0 Å². The lowest BCUT2D eigenvalue weighted by molar-refractivity contribution is 1.23. The zero-order valence-corrected chi connectivity index (χ0v) is 13.5. The van der Waals surface area contributed by atoms with Crippen molar-refractivity contribution in [1.82, 2.24) is 9.97 Å². The van der Waals surface area contributed by atoms with Crippen LogP contribution in [0.4, 0.5) is 0 Å². The Morgan fingerprint density at radius 3 is 2.68 bits per heavy atom. The molecule has 0 radical (unpaired) electrons. The number of hydrogen-bond donors (Lipinski definition) is 0. The first-order valence-corrected chi connectivity index (χ1v) is 7.22. The van der Waals surface area contributed by atoms with Crippen molar-refractivity contribution < 1.29 is 0 Å². The minimum absolute atomic E-state index is 0.812. The van der Waals surface area contributed by atoms with E-state index in [2.05, 4.69) is 20.9 Å². The van der Waals surface area contributed by atoms with E-state index in [0.29, 0.717) is 0 Å². The van der Waals surface area contributed by atoms with E-state index in [1.54, 1.807) is 31.7 Å². The van der Waals surface area contributed by atoms with Crippen LogP contribution in [0.5, 0.6) is 0 Å². The third kappa shape index (κ3) is 4.68. The number of pyridine rings is 2. The van der Waals surface area contributed by atoms with Gasteiger partial charge in [0.25, 0.3) is 0 Å². The van der Waals surface area contributed by atoms with Gasteiger partial charge in [0, 0.05) is 36.8 Å². The highest BCUT2D eigenvalue weighted by atomic mass is 14.7. The van der Waals surface area contributed by atoms with E-state index >= 15 is 0 Å². The SMILES string of the molecule is C#C/C=C(\C=NC)c1cc(C)cc(-c2cccnc2)n1.CC. The highest BCUT2D eigenvalue weighted by Gasteiger charge is 2.06. The molecule has 0 aliphatic heterocycles. The highest BCUT2D eigenvalue weighted by Crippen LogP contribution is 2.20. The number of allylic oxidation sites excluding steroid dienone is 2. The maximum atomic E-state index is 5.36. The number of aromatic nitrogens is 2. The Hall–Kier alpha value is -2.73. The van der Waals surface area contributed by atoms with Crippen LogP contribution in [0.15, 0.2) is 47.7 Å². The molecule has 3 heteroatoms. The molecule has 2 aromatic heterocycles. The molecule has 112 valence electrons. The standard InChI is InChI=1S/C17H15N3.C2H6/c1-4-6-14(11-18-3)16-9-13(2)10-17(20-16)15-7-5-8-19-12-15;1-2/h1,5-12H,2-3H3;1-2H3/b14-6+,18-11?;. The van der Waals surface area contributed by atoms with Crippen LogP contribution in [0.25, 0.3) is 16.8 Å². The minimum Gasteiger partial charge on any atom is -0.296 e. The summed E-state index contributed by atoms with van der Waals surface area (Å²) in [6, 6.07) is 7.89. The highest BCUT2D eigenvalue weighted by molar-refractivity contribution is 6.09. The molecule has 0 N–H and O–H groups in total. The number of rotatable bonds is 3. The zero-order valence-electron chi connectivity index (χ0n) is 13.5. The molecule has 0 aliphatic carbocycles. The monoisotopic (exact) mass is 291 g/mol. The number of terminal acetylenes is 1. The molecule has 0 aliphatic rings. The molecule has 22 heavy (non-hydrogen) atoms. The lowest BCUT2D eigenvalue weighted by Gasteiger charge is -2.07. The van der Waals surface area contributed by atoms with E-state index in [1.165, 1.54) is 0 Å². The van der Waals surface area contributed by atoms with Crippen molar-refractivity contribution in [2.45, 2.75) is 20.8 Å². The normalized spacial score (nSPS) is 10.8. The van der Waals surface area contributed by atoms with Crippen LogP contribution in [0.1, 0.15) is 25.1 Å². The van der Waals surface area contributed by atoms with Gasteiger partial charge in [0.2, 0.25) is 0 Å². The van der Waals surface area contributed by atoms with E-state index in [1.807, 2.05) is 45.0 Å². The fraction of sp³-hybridized carbons (Fsp3) is 0.211. The first kappa shape index (κ1) is 17.3. The van der Waals surface area contributed by atoms with Crippen molar-refractivity contribution in [3.05, 3.63) is 54.0 Å². The van der Waals surface area contributed by atoms with Crippen LogP contribution in [0, 0.1) is 19.3 Å². The summed E-state index contributed by atoms with van der Waals surface area (Å²) < 4.78 is 0. The van der Waals surface area contributed by atoms with E-state index in [-0.39, 0.29) is 0 Å². The Labute approximate surface area is 132 Å². The van der Waals surface area contributed by atoms with Gasteiger partial charge in [-0.25, -0.2) is 4.98 Å². The molecule has 0 spiro atoms. The summed E-state index contributed by atoms with van der Waals surface area (Å²) in [7, 11) is 1.71. The van der Waals surface area contributed by atoms with Crippen LogP contribution in [-0.4, -0.2) is 23.2 Å². The number of aryl methyl sites for hydroxylation is 1. The van der Waals surface area contributed by atoms with Crippen molar-refractivity contribution in [3.8, 4) is 23.6 Å². The van der Waals surface area contributed by atoms with Gasteiger partial charge >= 0.3 is 0 Å². The van der Waals surface area contributed by atoms with Crippen molar-refractivity contribution in [3.63, 3.8) is 0 Å². The summed E-state index contributed by atoms with van der Waals surface area (Å²) in [6.07, 6.45) is 12.3. The van der Waals surface area contributed by atoms with Crippen molar-refractivity contribution in [1.29, 1.82) is 0 Å². The van der Waals surface area contributed by atoms with E-state index in [4.69, 9.17) is 6.42 Å². The van der Waals surface area contributed by atoms with Crippen molar-refractivity contribution in [2.75, 3.05) is 7.05 Å². The Kier molecular flexibility index (Phi) is 7.28. The van der Waals surface area contributed by atoms with Gasteiger partial charge in [-0.2, -0.15) is 0 Å². The first-order valence-electron chi connectivity index (χ1n) is 7.22. The van der Waals surface area contributed by atoms with Gasteiger partial charge < -0.3 is 0 Å².